The number of ether oxygens (including phenoxy) is 1. The molecule has 0 saturated heterocycles. The van der Waals surface area contributed by atoms with Gasteiger partial charge in [-0.2, -0.15) is 0 Å². The first kappa shape index (κ1) is 13.8. The van der Waals surface area contributed by atoms with Crippen molar-refractivity contribution in [3.05, 3.63) is 29.6 Å². The molecule has 0 atom stereocenters. The molecule has 1 aromatic carbocycles. The summed E-state index contributed by atoms with van der Waals surface area (Å²) in [5, 5.41) is 2.59. The van der Waals surface area contributed by atoms with Crippen LogP contribution in [0.2, 0.25) is 0 Å². The Morgan fingerprint density at radius 2 is 1.82 bits per heavy atom. The monoisotopic (exact) mass is 247 g/mol. The van der Waals surface area contributed by atoms with Crippen LogP contribution < -0.4 is 5.32 Å². The minimum absolute atomic E-state index is 0.194. The molecular weight excluding hydrogens is 231 g/mol. The summed E-state index contributed by atoms with van der Waals surface area (Å²) in [7, 11) is 0. The quantitative estimate of drug-likeness (QED) is 0.651. The Labute approximate surface area is 98.8 Å². The summed E-state index contributed by atoms with van der Waals surface area (Å²) in [6, 6.07) is 1.42. The minimum atomic E-state index is -1.20. The summed E-state index contributed by atoms with van der Waals surface area (Å²) >= 11 is 0. The predicted molar refractivity (Wildman–Crippen MR) is 60.5 cm³/mol. The van der Waals surface area contributed by atoms with E-state index in [1.807, 2.05) is 20.8 Å². The second-order valence-corrected chi connectivity index (χ2v) is 4.64. The lowest BCUT2D eigenvalue weighted by atomic mass is 10.2. The maximum atomic E-state index is 13.2. The lowest BCUT2D eigenvalue weighted by Gasteiger charge is -2.19. The molecule has 1 rings (SSSR count). The van der Waals surface area contributed by atoms with Crippen molar-refractivity contribution in [2.75, 3.05) is 18.5 Å². The van der Waals surface area contributed by atoms with Gasteiger partial charge in [0.1, 0.15) is 5.82 Å². The van der Waals surface area contributed by atoms with E-state index in [0.29, 0.717) is 12.7 Å². The van der Waals surface area contributed by atoms with Crippen LogP contribution in [-0.4, -0.2) is 18.8 Å². The van der Waals surface area contributed by atoms with E-state index in [1.165, 1.54) is 0 Å². The smallest absolute Gasteiger partial charge is 0.182 e. The molecule has 2 nitrogen and oxygen atoms in total. The van der Waals surface area contributed by atoms with Crippen LogP contribution in [0.1, 0.15) is 20.8 Å². The van der Waals surface area contributed by atoms with Crippen LogP contribution in [0.3, 0.4) is 0 Å². The Hall–Kier alpha value is -1.23. The highest BCUT2D eigenvalue weighted by Crippen LogP contribution is 2.18. The summed E-state index contributed by atoms with van der Waals surface area (Å²) in [6.45, 7) is 6.25. The number of anilines is 1. The van der Waals surface area contributed by atoms with E-state index in [0.717, 1.165) is 6.07 Å². The number of hydrogen-bond acceptors (Lipinski definition) is 2. The van der Waals surface area contributed by atoms with Gasteiger partial charge in [-0.05, 0) is 20.8 Å². The van der Waals surface area contributed by atoms with Gasteiger partial charge in [-0.3, -0.25) is 0 Å². The average molecular weight is 247 g/mol. The average Bonchev–Trinajstić information content (AvgIpc) is 2.18. The summed E-state index contributed by atoms with van der Waals surface area (Å²) < 4.78 is 44.3. The Kier molecular flexibility index (Phi) is 4.40. The maximum absolute atomic E-state index is 13.2. The van der Waals surface area contributed by atoms with Crippen LogP contribution in [-0.2, 0) is 4.74 Å². The zero-order valence-electron chi connectivity index (χ0n) is 10.1. The first-order valence-corrected chi connectivity index (χ1v) is 5.32. The number of hydrogen-bond donors (Lipinski definition) is 1. The highest BCUT2D eigenvalue weighted by atomic mass is 19.2. The highest BCUT2D eigenvalue weighted by Gasteiger charge is 2.12. The zero-order chi connectivity index (χ0) is 13.1. The summed E-state index contributed by atoms with van der Waals surface area (Å²) in [4.78, 5) is 0. The van der Waals surface area contributed by atoms with Gasteiger partial charge in [0.05, 0.1) is 17.9 Å². The van der Waals surface area contributed by atoms with E-state index in [2.05, 4.69) is 5.32 Å². The molecule has 5 heteroatoms. The number of halogens is 3. The molecule has 0 amide bonds. The van der Waals surface area contributed by atoms with Crippen LogP contribution >= 0.6 is 0 Å². The summed E-state index contributed by atoms with van der Waals surface area (Å²) in [5.41, 5.74) is -0.493. The molecule has 0 aromatic heterocycles. The molecular formula is C12H16F3NO. The van der Waals surface area contributed by atoms with Crippen LogP contribution in [0.4, 0.5) is 18.9 Å². The minimum Gasteiger partial charge on any atom is -0.380 e. The SMILES string of the molecule is CC(C)(C)OCCNc1cc(F)cc(F)c1F. The largest absolute Gasteiger partial charge is 0.380 e. The Morgan fingerprint density at radius 3 is 2.41 bits per heavy atom. The molecule has 0 spiro atoms. The van der Waals surface area contributed by atoms with Gasteiger partial charge in [-0.25, -0.2) is 13.2 Å². The predicted octanol–water partition coefficient (Wildman–Crippen LogP) is 3.33. The van der Waals surface area contributed by atoms with E-state index >= 15 is 0 Å². The van der Waals surface area contributed by atoms with Crippen molar-refractivity contribution >= 4 is 5.69 Å². The lowest BCUT2D eigenvalue weighted by molar-refractivity contribution is 0.00331. The molecule has 0 saturated carbocycles. The van der Waals surface area contributed by atoms with Gasteiger partial charge in [0.15, 0.2) is 11.6 Å². The Morgan fingerprint density at radius 1 is 1.18 bits per heavy atom. The van der Waals surface area contributed by atoms with Gasteiger partial charge >= 0.3 is 0 Å². The molecule has 1 N–H and O–H groups in total. The van der Waals surface area contributed by atoms with Crippen LogP contribution in [0.15, 0.2) is 12.1 Å². The molecule has 96 valence electrons. The maximum Gasteiger partial charge on any atom is 0.182 e. The summed E-state index contributed by atoms with van der Waals surface area (Å²) in [5.74, 6) is -3.10. The molecule has 0 fully saturated rings. The molecule has 0 radical (unpaired) electrons. The fourth-order valence-corrected chi connectivity index (χ4v) is 1.23. The lowest BCUT2D eigenvalue weighted by Crippen LogP contribution is -2.23. The van der Waals surface area contributed by atoms with E-state index in [1.54, 1.807) is 0 Å². The molecule has 0 heterocycles. The molecule has 0 aliphatic rings. The first-order valence-electron chi connectivity index (χ1n) is 5.32. The van der Waals surface area contributed by atoms with Crippen LogP contribution in [0, 0.1) is 17.5 Å². The Balaban J connectivity index is 2.52. The molecule has 1 aromatic rings. The van der Waals surface area contributed by atoms with Gasteiger partial charge in [0.25, 0.3) is 0 Å². The van der Waals surface area contributed by atoms with Crippen molar-refractivity contribution in [1.82, 2.24) is 0 Å². The van der Waals surface area contributed by atoms with Gasteiger partial charge in [-0.1, -0.05) is 0 Å². The molecule has 0 aliphatic carbocycles. The van der Waals surface area contributed by atoms with Crippen molar-refractivity contribution in [1.29, 1.82) is 0 Å². The number of rotatable bonds is 4. The van der Waals surface area contributed by atoms with Gasteiger partial charge in [-0.15, -0.1) is 0 Å². The number of benzene rings is 1. The fraction of sp³-hybridized carbons (Fsp3) is 0.500. The van der Waals surface area contributed by atoms with Crippen molar-refractivity contribution in [3.8, 4) is 0 Å². The van der Waals surface area contributed by atoms with E-state index < -0.39 is 17.5 Å². The van der Waals surface area contributed by atoms with Gasteiger partial charge < -0.3 is 10.1 Å². The molecule has 0 bridgehead atoms. The topological polar surface area (TPSA) is 21.3 Å². The van der Waals surface area contributed by atoms with E-state index in [4.69, 9.17) is 4.74 Å². The van der Waals surface area contributed by atoms with Crippen molar-refractivity contribution in [2.24, 2.45) is 0 Å². The van der Waals surface area contributed by atoms with Crippen LogP contribution in [0.5, 0.6) is 0 Å². The van der Waals surface area contributed by atoms with E-state index in [9.17, 15) is 13.2 Å². The second kappa shape index (κ2) is 5.40. The second-order valence-electron chi connectivity index (χ2n) is 4.64. The number of nitrogens with one attached hydrogen (secondary N) is 1. The van der Waals surface area contributed by atoms with Crippen molar-refractivity contribution < 1.29 is 17.9 Å². The summed E-state index contributed by atoms with van der Waals surface area (Å²) in [6.07, 6.45) is 0. The molecule has 0 aliphatic heterocycles. The van der Waals surface area contributed by atoms with Gasteiger partial charge in [0.2, 0.25) is 0 Å². The van der Waals surface area contributed by atoms with Crippen LogP contribution in [0.25, 0.3) is 0 Å². The van der Waals surface area contributed by atoms with Crippen molar-refractivity contribution in [3.63, 3.8) is 0 Å². The third-order valence-corrected chi connectivity index (χ3v) is 1.95. The standard InChI is InChI=1S/C12H16F3NO/c1-12(2,3)17-5-4-16-10-7-8(13)6-9(14)11(10)15/h6-7,16H,4-5H2,1-3H3. The zero-order valence-corrected chi connectivity index (χ0v) is 10.1. The molecule has 0 unspecified atom stereocenters. The molecule has 17 heavy (non-hydrogen) atoms. The normalized spacial score (nSPS) is 11.6. The fourth-order valence-electron chi connectivity index (χ4n) is 1.23. The first-order chi connectivity index (χ1) is 7.79. The van der Waals surface area contributed by atoms with E-state index in [-0.39, 0.29) is 17.8 Å². The van der Waals surface area contributed by atoms with Crippen molar-refractivity contribution in [2.45, 2.75) is 26.4 Å². The third kappa shape index (κ3) is 4.65. The third-order valence-electron chi connectivity index (χ3n) is 1.95. The Bertz CT molecular complexity index is 388. The van der Waals surface area contributed by atoms with Gasteiger partial charge in [0, 0.05) is 18.7 Å². The highest BCUT2D eigenvalue weighted by molar-refractivity contribution is 5.45.